The molecule has 0 radical (unpaired) electrons. The second-order valence-electron chi connectivity index (χ2n) is 4.50. The van der Waals surface area contributed by atoms with Crippen molar-refractivity contribution in [3.05, 3.63) is 30.4 Å². The van der Waals surface area contributed by atoms with Crippen molar-refractivity contribution in [2.24, 2.45) is 11.8 Å². The molecule has 0 aromatic carbocycles. The van der Waals surface area contributed by atoms with Crippen LogP contribution in [0.2, 0.25) is 0 Å². The number of allylic oxidation sites excluding steroid dienone is 2. The minimum absolute atomic E-state index is 0.447. The van der Waals surface area contributed by atoms with Crippen LogP contribution in [0, 0.1) is 11.8 Å². The molecule has 5 nitrogen and oxygen atoms in total. The Morgan fingerprint density at radius 3 is 3.12 bits per heavy atom. The van der Waals surface area contributed by atoms with E-state index in [0.717, 1.165) is 11.7 Å². The highest BCUT2D eigenvalue weighted by Gasteiger charge is 2.53. The summed E-state index contributed by atoms with van der Waals surface area (Å²) in [5.41, 5.74) is 6.43. The van der Waals surface area contributed by atoms with Gasteiger partial charge in [0.15, 0.2) is 5.82 Å². The molecule has 2 heterocycles. The van der Waals surface area contributed by atoms with Crippen LogP contribution in [-0.2, 0) is 0 Å². The Bertz CT molecular complexity index is 599. The van der Waals surface area contributed by atoms with Crippen molar-refractivity contribution in [3.63, 3.8) is 0 Å². The molecule has 2 aliphatic rings. The van der Waals surface area contributed by atoms with E-state index in [1.165, 1.54) is 6.42 Å². The normalized spacial score (nSPS) is 30.9. The number of aromatic nitrogens is 4. The Hall–Kier alpha value is -1.91. The molecule has 3 unspecified atom stereocenters. The Kier molecular flexibility index (Phi) is 1.35. The summed E-state index contributed by atoms with van der Waals surface area (Å²) in [4.78, 5) is 4.01. The van der Waals surface area contributed by atoms with Crippen LogP contribution in [0.15, 0.2) is 24.5 Å². The highest BCUT2D eigenvalue weighted by atomic mass is 15.3. The molecule has 0 aliphatic heterocycles. The molecule has 0 bridgehead atoms. The maximum Gasteiger partial charge on any atom is 0.203 e. The quantitative estimate of drug-likeness (QED) is 0.717. The standard InChI is InChI=1S/C11H11N5/c12-9-11-15-14-10(16(11)5-4-13-9)8-6-2-1-3-7(6)8/h1-2,4-8H,3H2,(H2,12,13). The summed E-state index contributed by atoms with van der Waals surface area (Å²) in [5, 5.41) is 8.37. The monoisotopic (exact) mass is 213 g/mol. The molecular weight excluding hydrogens is 202 g/mol. The number of fused-ring (bicyclic) bond motifs is 2. The van der Waals surface area contributed by atoms with Gasteiger partial charge in [-0.3, -0.25) is 4.40 Å². The second kappa shape index (κ2) is 2.61. The SMILES string of the molecule is Nc1nccn2c(C3C4C=CCC43)nnc12. The predicted molar refractivity (Wildman–Crippen MR) is 58.7 cm³/mol. The molecule has 0 spiro atoms. The summed E-state index contributed by atoms with van der Waals surface area (Å²) in [6, 6.07) is 0. The van der Waals surface area contributed by atoms with Gasteiger partial charge in [0.1, 0.15) is 5.82 Å². The molecule has 16 heavy (non-hydrogen) atoms. The topological polar surface area (TPSA) is 69.1 Å². The maximum absolute atomic E-state index is 5.76. The van der Waals surface area contributed by atoms with Gasteiger partial charge < -0.3 is 5.73 Å². The zero-order valence-corrected chi connectivity index (χ0v) is 8.61. The number of hydrogen-bond donors (Lipinski definition) is 1. The average Bonchev–Trinajstić information content (AvgIpc) is 2.73. The van der Waals surface area contributed by atoms with Crippen LogP contribution < -0.4 is 5.73 Å². The third kappa shape index (κ3) is 0.881. The van der Waals surface area contributed by atoms with Gasteiger partial charge in [-0.2, -0.15) is 0 Å². The van der Waals surface area contributed by atoms with Crippen molar-refractivity contribution in [1.82, 2.24) is 19.6 Å². The lowest BCUT2D eigenvalue weighted by molar-refractivity contribution is 0.777. The van der Waals surface area contributed by atoms with Gasteiger partial charge in [-0.15, -0.1) is 10.2 Å². The first-order valence-corrected chi connectivity index (χ1v) is 5.48. The summed E-state index contributed by atoms with van der Waals surface area (Å²) in [7, 11) is 0. The zero-order chi connectivity index (χ0) is 10.7. The molecule has 2 aromatic heterocycles. The predicted octanol–water partition coefficient (Wildman–Crippen LogP) is 0.996. The van der Waals surface area contributed by atoms with Crippen molar-refractivity contribution < 1.29 is 0 Å². The van der Waals surface area contributed by atoms with Gasteiger partial charge in [-0.05, 0) is 18.3 Å². The summed E-state index contributed by atoms with van der Waals surface area (Å²) in [6.45, 7) is 0. The number of anilines is 1. The van der Waals surface area contributed by atoms with Crippen LogP contribution in [0.3, 0.4) is 0 Å². The van der Waals surface area contributed by atoms with Gasteiger partial charge in [-0.1, -0.05) is 12.2 Å². The molecule has 1 fully saturated rings. The molecule has 0 amide bonds. The van der Waals surface area contributed by atoms with E-state index in [1.807, 2.05) is 10.6 Å². The van der Waals surface area contributed by atoms with Crippen LogP contribution in [0.25, 0.3) is 5.65 Å². The first-order valence-electron chi connectivity index (χ1n) is 5.48. The minimum Gasteiger partial charge on any atom is -0.381 e. The van der Waals surface area contributed by atoms with Crippen LogP contribution in [0.5, 0.6) is 0 Å². The third-order valence-corrected chi connectivity index (χ3v) is 3.67. The van der Waals surface area contributed by atoms with Gasteiger partial charge in [0, 0.05) is 18.3 Å². The van der Waals surface area contributed by atoms with Gasteiger partial charge >= 0.3 is 0 Å². The third-order valence-electron chi connectivity index (χ3n) is 3.67. The van der Waals surface area contributed by atoms with Gasteiger partial charge in [0.25, 0.3) is 0 Å². The fourth-order valence-electron chi connectivity index (χ4n) is 2.81. The number of hydrogen-bond acceptors (Lipinski definition) is 4. The fourth-order valence-corrected chi connectivity index (χ4v) is 2.81. The molecule has 5 heteroatoms. The molecule has 80 valence electrons. The number of rotatable bonds is 1. The number of nitrogens with zero attached hydrogens (tertiary/aromatic N) is 4. The molecule has 4 rings (SSSR count). The lowest BCUT2D eigenvalue weighted by atomic mass is 10.2. The lowest BCUT2D eigenvalue weighted by Gasteiger charge is -2.00. The average molecular weight is 213 g/mol. The van der Waals surface area contributed by atoms with Crippen LogP contribution in [0.4, 0.5) is 5.82 Å². The second-order valence-corrected chi connectivity index (χ2v) is 4.50. The Labute approximate surface area is 92.0 Å². The van der Waals surface area contributed by atoms with Crippen LogP contribution >= 0.6 is 0 Å². The maximum atomic E-state index is 5.76. The van der Waals surface area contributed by atoms with Crippen molar-refractivity contribution in [2.45, 2.75) is 12.3 Å². The van der Waals surface area contributed by atoms with Gasteiger partial charge in [0.05, 0.1) is 0 Å². The van der Waals surface area contributed by atoms with E-state index >= 15 is 0 Å². The smallest absolute Gasteiger partial charge is 0.203 e. The van der Waals surface area contributed by atoms with Crippen molar-refractivity contribution >= 4 is 11.5 Å². The molecule has 1 saturated carbocycles. The van der Waals surface area contributed by atoms with E-state index < -0.39 is 0 Å². The van der Waals surface area contributed by atoms with Gasteiger partial charge in [0.2, 0.25) is 5.65 Å². The highest BCUT2D eigenvalue weighted by Crippen LogP contribution is 2.59. The Balaban J connectivity index is 1.87. The first-order chi connectivity index (χ1) is 7.86. The molecule has 2 aliphatic carbocycles. The zero-order valence-electron chi connectivity index (χ0n) is 8.61. The van der Waals surface area contributed by atoms with E-state index in [1.54, 1.807) is 6.20 Å². The molecule has 3 atom stereocenters. The summed E-state index contributed by atoms with van der Waals surface area (Å²) in [5.74, 6) is 3.41. The van der Waals surface area contributed by atoms with E-state index in [4.69, 9.17) is 5.73 Å². The van der Waals surface area contributed by atoms with Crippen molar-refractivity contribution in [2.75, 3.05) is 5.73 Å². The fraction of sp³-hybridized carbons (Fsp3) is 0.364. The van der Waals surface area contributed by atoms with E-state index in [2.05, 4.69) is 27.3 Å². The first kappa shape index (κ1) is 8.27. The van der Waals surface area contributed by atoms with Crippen LogP contribution in [0.1, 0.15) is 18.2 Å². The van der Waals surface area contributed by atoms with E-state index in [9.17, 15) is 0 Å². The van der Waals surface area contributed by atoms with Gasteiger partial charge in [-0.25, -0.2) is 4.98 Å². The molecular formula is C11H11N5. The number of nitrogen functional groups attached to an aromatic ring is 1. The van der Waals surface area contributed by atoms with E-state index in [0.29, 0.717) is 23.3 Å². The molecule has 0 saturated heterocycles. The van der Waals surface area contributed by atoms with E-state index in [-0.39, 0.29) is 0 Å². The summed E-state index contributed by atoms with van der Waals surface area (Å²) in [6.07, 6.45) is 9.30. The Morgan fingerprint density at radius 1 is 1.38 bits per heavy atom. The lowest BCUT2D eigenvalue weighted by Crippen LogP contribution is -1.99. The van der Waals surface area contributed by atoms with Crippen LogP contribution in [-0.4, -0.2) is 19.6 Å². The van der Waals surface area contributed by atoms with Crippen molar-refractivity contribution in [1.29, 1.82) is 0 Å². The summed E-state index contributed by atoms with van der Waals surface area (Å²) >= 11 is 0. The van der Waals surface area contributed by atoms with Crippen molar-refractivity contribution in [3.8, 4) is 0 Å². The Morgan fingerprint density at radius 2 is 2.31 bits per heavy atom. The number of nitrogens with two attached hydrogens (primary N) is 1. The highest BCUT2D eigenvalue weighted by molar-refractivity contribution is 5.59. The summed E-state index contributed by atoms with van der Waals surface area (Å²) < 4.78 is 1.97. The minimum atomic E-state index is 0.447. The largest absolute Gasteiger partial charge is 0.381 e. The molecule has 2 aromatic rings. The molecule has 2 N–H and O–H groups in total.